The van der Waals surface area contributed by atoms with Crippen LogP contribution in [0.25, 0.3) is 0 Å². The molecule has 1 N–H and O–H groups in total. The molecule has 1 atom stereocenters. The average molecular weight is 217 g/mol. The zero-order chi connectivity index (χ0) is 10.8. The van der Waals surface area contributed by atoms with Crippen LogP contribution in [0.4, 0.5) is 0 Å². The number of fused-ring (bicyclic) bond motifs is 1. The maximum absolute atomic E-state index is 4.47. The Kier molecular flexibility index (Phi) is 2.87. The van der Waals surface area contributed by atoms with Crippen LogP contribution < -0.4 is 5.32 Å². The predicted octanol–water partition coefficient (Wildman–Crippen LogP) is 1.65. The van der Waals surface area contributed by atoms with Gasteiger partial charge in [-0.15, -0.1) is 0 Å². The molecule has 16 heavy (non-hydrogen) atoms. The molecule has 0 radical (unpaired) electrons. The number of hydrogen-bond donors (Lipinski definition) is 1. The standard InChI is InChI=1S/C13H19N3/c1-4-11-12(5-1)15-9-16-13(11)7-6-10-3-2-8-14-10/h9-10,14H,1-8H2. The SMILES string of the molecule is c1nc2c(c(CCC3CCCN3)n1)CCC2. The number of aromatic nitrogens is 2. The fourth-order valence-electron chi connectivity index (χ4n) is 2.96. The molecule has 1 aromatic heterocycles. The highest BCUT2D eigenvalue weighted by atomic mass is 14.9. The molecule has 3 heteroatoms. The van der Waals surface area contributed by atoms with Crippen LogP contribution in [0.1, 0.15) is 42.6 Å². The van der Waals surface area contributed by atoms with E-state index in [4.69, 9.17) is 0 Å². The van der Waals surface area contributed by atoms with Crippen molar-refractivity contribution in [3.05, 3.63) is 23.3 Å². The Labute approximate surface area is 96.7 Å². The van der Waals surface area contributed by atoms with Gasteiger partial charge in [-0.1, -0.05) is 0 Å². The molecule has 2 heterocycles. The summed E-state index contributed by atoms with van der Waals surface area (Å²) in [7, 11) is 0. The van der Waals surface area contributed by atoms with Crippen molar-refractivity contribution < 1.29 is 0 Å². The number of aryl methyl sites for hydroxylation is 2. The summed E-state index contributed by atoms with van der Waals surface area (Å²) >= 11 is 0. The van der Waals surface area contributed by atoms with Crippen molar-refractivity contribution in [3.8, 4) is 0 Å². The zero-order valence-electron chi connectivity index (χ0n) is 9.71. The third-order valence-corrected chi connectivity index (χ3v) is 3.86. The van der Waals surface area contributed by atoms with Gasteiger partial charge in [0, 0.05) is 17.4 Å². The molecule has 0 saturated carbocycles. The van der Waals surface area contributed by atoms with E-state index in [1.165, 1.54) is 55.6 Å². The van der Waals surface area contributed by atoms with Crippen LogP contribution in [0, 0.1) is 0 Å². The smallest absolute Gasteiger partial charge is 0.115 e. The highest BCUT2D eigenvalue weighted by Crippen LogP contribution is 2.23. The Morgan fingerprint density at radius 3 is 3.12 bits per heavy atom. The van der Waals surface area contributed by atoms with E-state index in [1.807, 2.05) is 0 Å². The van der Waals surface area contributed by atoms with Crippen LogP contribution in [-0.2, 0) is 19.3 Å². The first kappa shape index (κ1) is 10.2. The second-order valence-electron chi connectivity index (χ2n) is 4.93. The molecule has 1 fully saturated rings. The highest BCUT2D eigenvalue weighted by molar-refractivity contribution is 5.28. The minimum atomic E-state index is 0.729. The van der Waals surface area contributed by atoms with Crippen molar-refractivity contribution in [1.29, 1.82) is 0 Å². The molecule has 1 aromatic rings. The van der Waals surface area contributed by atoms with E-state index in [-0.39, 0.29) is 0 Å². The van der Waals surface area contributed by atoms with Crippen molar-refractivity contribution in [2.75, 3.05) is 6.54 Å². The van der Waals surface area contributed by atoms with E-state index in [9.17, 15) is 0 Å². The number of nitrogens with zero attached hydrogens (tertiary/aromatic N) is 2. The van der Waals surface area contributed by atoms with Crippen LogP contribution in [0.15, 0.2) is 6.33 Å². The van der Waals surface area contributed by atoms with Gasteiger partial charge in [-0.25, -0.2) is 9.97 Å². The number of hydrogen-bond acceptors (Lipinski definition) is 3. The van der Waals surface area contributed by atoms with Crippen LogP contribution in [-0.4, -0.2) is 22.6 Å². The molecule has 1 aliphatic heterocycles. The molecule has 86 valence electrons. The summed E-state index contributed by atoms with van der Waals surface area (Å²) in [4.78, 5) is 8.85. The van der Waals surface area contributed by atoms with Gasteiger partial charge in [0.25, 0.3) is 0 Å². The first-order valence-corrected chi connectivity index (χ1v) is 6.48. The topological polar surface area (TPSA) is 37.8 Å². The zero-order valence-corrected chi connectivity index (χ0v) is 9.71. The van der Waals surface area contributed by atoms with Gasteiger partial charge in [0.05, 0.1) is 0 Å². The molecule has 0 bridgehead atoms. The second kappa shape index (κ2) is 4.50. The van der Waals surface area contributed by atoms with Crippen molar-refractivity contribution in [2.24, 2.45) is 0 Å². The molecule has 1 unspecified atom stereocenters. The van der Waals surface area contributed by atoms with Crippen molar-refractivity contribution in [2.45, 2.75) is 51.0 Å². The van der Waals surface area contributed by atoms with Crippen LogP contribution >= 0.6 is 0 Å². The summed E-state index contributed by atoms with van der Waals surface area (Å²) < 4.78 is 0. The summed E-state index contributed by atoms with van der Waals surface area (Å²) in [6.45, 7) is 1.20. The molecule has 3 rings (SSSR count). The Bertz CT molecular complexity index is 369. The first-order chi connectivity index (χ1) is 7.93. The van der Waals surface area contributed by atoms with Gasteiger partial charge in [-0.2, -0.15) is 0 Å². The lowest BCUT2D eigenvalue weighted by Gasteiger charge is -2.11. The minimum Gasteiger partial charge on any atom is -0.314 e. The van der Waals surface area contributed by atoms with E-state index in [0.717, 1.165) is 18.9 Å². The lowest BCUT2D eigenvalue weighted by atomic mass is 10.0. The van der Waals surface area contributed by atoms with Gasteiger partial charge in [0.2, 0.25) is 0 Å². The fraction of sp³-hybridized carbons (Fsp3) is 0.692. The quantitative estimate of drug-likeness (QED) is 0.836. The molecule has 1 saturated heterocycles. The average Bonchev–Trinajstić information content (AvgIpc) is 2.97. The second-order valence-corrected chi connectivity index (χ2v) is 4.93. The van der Waals surface area contributed by atoms with Gasteiger partial charge in [-0.3, -0.25) is 0 Å². The van der Waals surface area contributed by atoms with Gasteiger partial charge in [0.15, 0.2) is 0 Å². The van der Waals surface area contributed by atoms with Crippen LogP contribution in [0.5, 0.6) is 0 Å². The number of nitrogens with one attached hydrogen (secondary N) is 1. The molecule has 0 amide bonds. The van der Waals surface area contributed by atoms with Crippen molar-refractivity contribution in [3.63, 3.8) is 0 Å². The first-order valence-electron chi connectivity index (χ1n) is 6.48. The maximum Gasteiger partial charge on any atom is 0.115 e. The Balaban J connectivity index is 1.67. The largest absolute Gasteiger partial charge is 0.314 e. The van der Waals surface area contributed by atoms with Crippen molar-refractivity contribution >= 4 is 0 Å². The lowest BCUT2D eigenvalue weighted by molar-refractivity contribution is 0.553. The lowest BCUT2D eigenvalue weighted by Crippen LogP contribution is -2.22. The highest BCUT2D eigenvalue weighted by Gasteiger charge is 2.19. The third-order valence-electron chi connectivity index (χ3n) is 3.86. The van der Waals surface area contributed by atoms with Crippen molar-refractivity contribution in [1.82, 2.24) is 15.3 Å². The summed E-state index contributed by atoms with van der Waals surface area (Å²) in [6.07, 6.45) is 10.4. The Hall–Kier alpha value is -0.960. The molecule has 0 spiro atoms. The van der Waals surface area contributed by atoms with E-state index in [1.54, 1.807) is 6.33 Å². The van der Waals surface area contributed by atoms with E-state index >= 15 is 0 Å². The number of rotatable bonds is 3. The van der Waals surface area contributed by atoms with Crippen LogP contribution in [0.2, 0.25) is 0 Å². The van der Waals surface area contributed by atoms with E-state index in [2.05, 4.69) is 15.3 Å². The summed E-state index contributed by atoms with van der Waals surface area (Å²) in [6, 6.07) is 0.729. The maximum atomic E-state index is 4.47. The fourth-order valence-corrected chi connectivity index (χ4v) is 2.96. The molecular formula is C13H19N3. The Morgan fingerprint density at radius 2 is 2.25 bits per heavy atom. The van der Waals surface area contributed by atoms with Gasteiger partial charge < -0.3 is 5.32 Å². The summed E-state index contributed by atoms with van der Waals surface area (Å²) in [5, 5.41) is 3.55. The van der Waals surface area contributed by atoms with Crippen LogP contribution in [0.3, 0.4) is 0 Å². The summed E-state index contributed by atoms with van der Waals surface area (Å²) in [5.41, 5.74) is 4.08. The molecule has 2 aliphatic rings. The molecular weight excluding hydrogens is 198 g/mol. The Morgan fingerprint density at radius 1 is 1.25 bits per heavy atom. The molecule has 1 aliphatic carbocycles. The van der Waals surface area contributed by atoms with Gasteiger partial charge in [0.1, 0.15) is 6.33 Å². The van der Waals surface area contributed by atoms with Gasteiger partial charge >= 0.3 is 0 Å². The summed E-state index contributed by atoms with van der Waals surface area (Å²) in [5.74, 6) is 0. The normalized spacial score (nSPS) is 23.6. The predicted molar refractivity (Wildman–Crippen MR) is 63.4 cm³/mol. The minimum absolute atomic E-state index is 0.729. The van der Waals surface area contributed by atoms with E-state index in [0.29, 0.717) is 0 Å². The molecule has 0 aromatic carbocycles. The monoisotopic (exact) mass is 217 g/mol. The molecule has 3 nitrogen and oxygen atoms in total. The third kappa shape index (κ3) is 1.96. The van der Waals surface area contributed by atoms with Gasteiger partial charge in [-0.05, 0) is 57.1 Å². The van der Waals surface area contributed by atoms with E-state index < -0.39 is 0 Å².